The zero-order valence-electron chi connectivity index (χ0n) is 11.9. The van der Waals surface area contributed by atoms with Crippen molar-refractivity contribution in [3.05, 3.63) is 59.9 Å². The standard InChI is InChI=1S/C16H18N2OS.ClH/c1-2-20-15-7-5-13(6-8-15)9-11-18-16(19)14-4-3-10-17-12-14;/h3-8,10,12H,2,9,11H2,1H3,(H,18,19);1H. The van der Waals surface area contributed by atoms with Gasteiger partial charge in [0.1, 0.15) is 0 Å². The van der Waals surface area contributed by atoms with Gasteiger partial charge < -0.3 is 5.32 Å². The lowest BCUT2D eigenvalue weighted by Crippen LogP contribution is -2.25. The second-order valence-electron chi connectivity index (χ2n) is 4.32. The van der Waals surface area contributed by atoms with Gasteiger partial charge in [-0.1, -0.05) is 19.1 Å². The number of thioether (sulfide) groups is 1. The lowest BCUT2D eigenvalue weighted by atomic mass is 10.1. The number of hydrogen-bond donors (Lipinski definition) is 1. The molecule has 0 unspecified atom stereocenters. The average Bonchev–Trinajstić information content (AvgIpc) is 2.50. The number of benzene rings is 1. The molecule has 1 amide bonds. The van der Waals surface area contributed by atoms with E-state index in [4.69, 9.17) is 0 Å². The van der Waals surface area contributed by atoms with Crippen molar-refractivity contribution in [1.82, 2.24) is 10.3 Å². The molecule has 5 heteroatoms. The highest BCUT2D eigenvalue weighted by Gasteiger charge is 2.03. The van der Waals surface area contributed by atoms with Crippen LogP contribution < -0.4 is 5.32 Å². The van der Waals surface area contributed by atoms with Gasteiger partial charge in [-0.25, -0.2) is 0 Å². The monoisotopic (exact) mass is 322 g/mol. The molecule has 0 fully saturated rings. The average molecular weight is 323 g/mol. The largest absolute Gasteiger partial charge is 0.352 e. The Labute approximate surface area is 136 Å². The number of nitrogens with zero attached hydrogens (tertiary/aromatic N) is 1. The molecule has 1 aromatic carbocycles. The number of aromatic nitrogens is 1. The molecule has 1 N–H and O–H groups in total. The molecule has 0 aliphatic rings. The van der Waals surface area contributed by atoms with Gasteiger partial charge in [0.25, 0.3) is 5.91 Å². The van der Waals surface area contributed by atoms with E-state index in [0.29, 0.717) is 12.1 Å². The first-order valence-electron chi connectivity index (χ1n) is 6.69. The van der Waals surface area contributed by atoms with Gasteiger partial charge in [0, 0.05) is 23.8 Å². The zero-order chi connectivity index (χ0) is 14.2. The van der Waals surface area contributed by atoms with Crippen LogP contribution in [-0.4, -0.2) is 23.2 Å². The fourth-order valence-corrected chi connectivity index (χ4v) is 2.50. The highest BCUT2D eigenvalue weighted by molar-refractivity contribution is 7.99. The van der Waals surface area contributed by atoms with Crippen LogP contribution >= 0.6 is 24.2 Å². The van der Waals surface area contributed by atoms with Crippen LogP contribution in [0.2, 0.25) is 0 Å². The summed E-state index contributed by atoms with van der Waals surface area (Å²) in [5.74, 6) is 1.01. The minimum absolute atomic E-state index is 0. The fourth-order valence-electron chi connectivity index (χ4n) is 1.84. The van der Waals surface area contributed by atoms with E-state index in [1.165, 1.54) is 10.5 Å². The van der Waals surface area contributed by atoms with E-state index in [-0.39, 0.29) is 18.3 Å². The highest BCUT2D eigenvalue weighted by atomic mass is 35.5. The molecule has 0 radical (unpaired) electrons. The third-order valence-electron chi connectivity index (χ3n) is 2.86. The summed E-state index contributed by atoms with van der Waals surface area (Å²) >= 11 is 1.83. The van der Waals surface area contributed by atoms with E-state index >= 15 is 0 Å². The van der Waals surface area contributed by atoms with Gasteiger partial charge in [0.05, 0.1) is 5.56 Å². The summed E-state index contributed by atoms with van der Waals surface area (Å²) in [6.45, 7) is 2.78. The topological polar surface area (TPSA) is 42.0 Å². The van der Waals surface area contributed by atoms with Crippen LogP contribution in [0.25, 0.3) is 0 Å². The predicted octanol–water partition coefficient (Wildman–Crippen LogP) is 3.59. The molecule has 0 aliphatic carbocycles. The normalized spacial score (nSPS) is 9.76. The minimum atomic E-state index is -0.0729. The molecular weight excluding hydrogens is 304 g/mol. The Hall–Kier alpha value is -1.52. The number of pyridine rings is 1. The molecule has 0 atom stereocenters. The van der Waals surface area contributed by atoms with Crippen LogP contribution in [-0.2, 0) is 6.42 Å². The van der Waals surface area contributed by atoms with Crippen LogP contribution in [0.4, 0.5) is 0 Å². The van der Waals surface area contributed by atoms with Crippen molar-refractivity contribution in [3.63, 3.8) is 0 Å². The molecular formula is C16H19ClN2OS. The van der Waals surface area contributed by atoms with Gasteiger partial charge in [-0.05, 0) is 42.0 Å². The summed E-state index contributed by atoms with van der Waals surface area (Å²) in [4.78, 5) is 17.0. The van der Waals surface area contributed by atoms with Gasteiger partial charge in [-0.15, -0.1) is 24.2 Å². The number of amides is 1. The molecule has 0 spiro atoms. The summed E-state index contributed by atoms with van der Waals surface area (Å²) in [7, 11) is 0. The van der Waals surface area contributed by atoms with Gasteiger partial charge in [0.15, 0.2) is 0 Å². The van der Waals surface area contributed by atoms with Crippen molar-refractivity contribution < 1.29 is 4.79 Å². The van der Waals surface area contributed by atoms with Crippen LogP contribution in [0.1, 0.15) is 22.8 Å². The Balaban J connectivity index is 0.00000220. The maximum absolute atomic E-state index is 11.8. The molecule has 1 heterocycles. The molecule has 112 valence electrons. The summed E-state index contributed by atoms with van der Waals surface area (Å²) in [5, 5.41) is 2.90. The fraction of sp³-hybridized carbons (Fsp3) is 0.250. The molecule has 21 heavy (non-hydrogen) atoms. The first-order chi connectivity index (χ1) is 9.79. The number of nitrogens with one attached hydrogen (secondary N) is 1. The molecule has 0 aliphatic heterocycles. The van der Waals surface area contributed by atoms with Crippen molar-refractivity contribution in [3.8, 4) is 0 Å². The molecule has 0 saturated heterocycles. The third-order valence-corrected chi connectivity index (χ3v) is 3.75. The smallest absolute Gasteiger partial charge is 0.252 e. The Kier molecular flexibility index (Phi) is 7.87. The van der Waals surface area contributed by atoms with E-state index in [9.17, 15) is 4.79 Å². The van der Waals surface area contributed by atoms with E-state index in [1.807, 2.05) is 11.8 Å². The first kappa shape index (κ1) is 17.5. The molecule has 0 saturated carbocycles. The highest BCUT2D eigenvalue weighted by Crippen LogP contribution is 2.17. The van der Waals surface area contributed by atoms with E-state index in [0.717, 1.165) is 12.2 Å². The van der Waals surface area contributed by atoms with Crippen LogP contribution in [0, 0.1) is 0 Å². The maximum Gasteiger partial charge on any atom is 0.252 e. The summed E-state index contributed by atoms with van der Waals surface area (Å²) in [6, 6.07) is 12.0. The Bertz CT molecular complexity index is 546. The predicted molar refractivity (Wildman–Crippen MR) is 90.4 cm³/mol. The number of rotatable bonds is 6. The van der Waals surface area contributed by atoms with E-state index < -0.39 is 0 Å². The summed E-state index contributed by atoms with van der Waals surface area (Å²) < 4.78 is 0. The molecule has 2 rings (SSSR count). The Morgan fingerprint density at radius 2 is 2.00 bits per heavy atom. The number of carbonyl (C=O) groups is 1. The second kappa shape index (κ2) is 9.42. The lowest BCUT2D eigenvalue weighted by Gasteiger charge is -2.06. The molecule has 0 bridgehead atoms. The van der Waals surface area contributed by atoms with Gasteiger partial charge in [-0.2, -0.15) is 0 Å². The van der Waals surface area contributed by atoms with Crippen molar-refractivity contribution in [1.29, 1.82) is 0 Å². The maximum atomic E-state index is 11.8. The van der Waals surface area contributed by atoms with E-state index in [1.54, 1.807) is 24.5 Å². The Morgan fingerprint density at radius 1 is 1.24 bits per heavy atom. The van der Waals surface area contributed by atoms with Crippen LogP contribution in [0.15, 0.2) is 53.7 Å². The second-order valence-corrected chi connectivity index (χ2v) is 5.66. The Morgan fingerprint density at radius 3 is 2.62 bits per heavy atom. The van der Waals surface area contributed by atoms with E-state index in [2.05, 4.69) is 41.5 Å². The number of carbonyl (C=O) groups excluding carboxylic acids is 1. The van der Waals surface area contributed by atoms with Crippen molar-refractivity contribution in [2.24, 2.45) is 0 Å². The zero-order valence-corrected chi connectivity index (χ0v) is 13.5. The van der Waals surface area contributed by atoms with Crippen molar-refractivity contribution >= 4 is 30.1 Å². The van der Waals surface area contributed by atoms with Crippen LogP contribution in [0.5, 0.6) is 0 Å². The molecule has 3 nitrogen and oxygen atoms in total. The lowest BCUT2D eigenvalue weighted by molar-refractivity contribution is 0.0954. The third kappa shape index (κ3) is 5.78. The van der Waals surface area contributed by atoms with Crippen LogP contribution in [0.3, 0.4) is 0 Å². The summed E-state index contributed by atoms with van der Waals surface area (Å²) in [5.41, 5.74) is 1.83. The van der Waals surface area contributed by atoms with Crippen molar-refractivity contribution in [2.45, 2.75) is 18.2 Å². The van der Waals surface area contributed by atoms with Gasteiger partial charge in [0.2, 0.25) is 0 Å². The summed E-state index contributed by atoms with van der Waals surface area (Å²) in [6.07, 6.45) is 4.07. The van der Waals surface area contributed by atoms with Gasteiger partial charge in [-0.3, -0.25) is 9.78 Å². The SMILES string of the molecule is CCSc1ccc(CCNC(=O)c2cccnc2)cc1.Cl. The number of halogens is 1. The minimum Gasteiger partial charge on any atom is -0.352 e. The van der Waals surface area contributed by atoms with Gasteiger partial charge >= 0.3 is 0 Å². The molecule has 1 aromatic heterocycles. The number of hydrogen-bond acceptors (Lipinski definition) is 3. The molecule has 2 aromatic rings. The first-order valence-corrected chi connectivity index (χ1v) is 7.68. The quantitative estimate of drug-likeness (QED) is 0.826. The van der Waals surface area contributed by atoms with Crippen molar-refractivity contribution in [2.75, 3.05) is 12.3 Å².